The van der Waals surface area contributed by atoms with Crippen LogP contribution in [0.5, 0.6) is 0 Å². The van der Waals surface area contributed by atoms with Gasteiger partial charge in [0.1, 0.15) is 12.8 Å². The fraction of sp³-hybridized carbons (Fsp3) is 0.562. The number of aliphatic hydroxyl groups excluding tert-OH is 1. The number of hydrogen-bond acceptors (Lipinski definition) is 7. The average Bonchev–Trinajstić information content (AvgIpc) is 3.28. The molecular weight excluding hydrogens is 356 g/mol. The number of β-lactam (4-membered cyclic amide) rings is 1. The molecule has 1 unspecified atom stereocenters. The van der Waals surface area contributed by atoms with Gasteiger partial charge in [0.15, 0.2) is 12.1 Å². The maximum atomic E-state index is 13.3. The fourth-order valence-corrected chi connectivity index (χ4v) is 4.04. The summed E-state index contributed by atoms with van der Waals surface area (Å²) in [6, 6.07) is -3.06. The summed E-state index contributed by atoms with van der Waals surface area (Å²) in [6.45, 7) is -0.545. The van der Waals surface area contributed by atoms with Crippen LogP contribution in [0, 0.1) is 0 Å². The number of primary amides is 1. The van der Waals surface area contributed by atoms with Crippen molar-refractivity contribution in [3.63, 3.8) is 0 Å². The lowest BCUT2D eigenvalue weighted by Gasteiger charge is -2.43. The maximum absolute atomic E-state index is 13.3. The summed E-state index contributed by atoms with van der Waals surface area (Å²) in [7, 11) is 0. The number of rotatable bonds is 6. The molecule has 2 aliphatic heterocycles. The molecule has 146 valence electrons. The number of likely N-dealkylation sites (tertiary alicyclic amines) is 2. The number of nitrogens with zero attached hydrogens (tertiary/aromatic N) is 3. The standard InChI is InChI=1S/C16H22N6O5/c17-10(4-9-6-19-7-20-9)15(26)22(3-1-2-12(22)14(18)25)16(27)11-5-13(24)21(11)8-23/h6-7,10-12,23H,1-5,8,17H2,(H2-,18,19,20,25)/p+1/t10-,11-,12-,22?/m0/s1. The molecule has 4 amide bonds. The predicted molar refractivity (Wildman–Crippen MR) is 90.0 cm³/mol. The number of carbonyl (C=O) groups is 4. The number of aromatic amines is 1. The van der Waals surface area contributed by atoms with Crippen LogP contribution in [-0.4, -0.2) is 79.5 Å². The molecule has 2 saturated heterocycles. The molecule has 6 N–H and O–H groups in total. The summed E-state index contributed by atoms with van der Waals surface area (Å²) in [5.74, 6) is -2.38. The summed E-state index contributed by atoms with van der Waals surface area (Å²) < 4.78 is -0.806. The minimum Gasteiger partial charge on any atom is -0.376 e. The van der Waals surface area contributed by atoms with Gasteiger partial charge in [0.2, 0.25) is 5.91 Å². The van der Waals surface area contributed by atoms with Crippen molar-refractivity contribution >= 4 is 23.6 Å². The highest BCUT2D eigenvalue weighted by Crippen LogP contribution is 2.34. The van der Waals surface area contributed by atoms with Crippen molar-refractivity contribution in [3.05, 3.63) is 18.2 Å². The largest absolute Gasteiger partial charge is 0.376 e. The number of aromatic nitrogens is 2. The van der Waals surface area contributed by atoms with Crippen LogP contribution >= 0.6 is 0 Å². The number of nitrogens with one attached hydrogen (secondary N) is 1. The van der Waals surface area contributed by atoms with Gasteiger partial charge in [-0.25, -0.2) is 14.6 Å². The van der Waals surface area contributed by atoms with Crippen molar-refractivity contribution < 1.29 is 28.8 Å². The molecule has 4 atom stereocenters. The van der Waals surface area contributed by atoms with Crippen LogP contribution in [-0.2, 0) is 25.6 Å². The average molecular weight is 379 g/mol. The number of amides is 4. The molecule has 0 bridgehead atoms. The number of H-pyrrole nitrogens is 1. The molecule has 0 spiro atoms. The van der Waals surface area contributed by atoms with E-state index < -0.39 is 53.0 Å². The third-order valence-corrected chi connectivity index (χ3v) is 5.45. The summed E-state index contributed by atoms with van der Waals surface area (Å²) in [5, 5.41) is 9.33. The maximum Gasteiger partial charge on any atom is 0.345 e. The number of carbonyl (C=O) groups excluding carboxylic acids is 4. The highest BCUT2D eigenvalue weighted by molar-refractivity contribution is 6.00. The van der Waals surface area contributed by atoms with Gasteiger partial charge in [-0.2, -0.15) is 4.48 Å². The van der Waals surface area contributed by atoms with Gasteiger partial charge in [-0.15, -0.1) is 0 Å². The smallest absolute Gasteiger partial charge is 0.345 e. The van der Waals surface area contributed by atoms with Crippen LogP contribution in [0.4, 0.5) is 0 Å². The molecule has 27 heavy (non-hydrogen) atoms. The Morgan fingerprint density at radius 1 is 1.44 bits per heavy atom. The Bertz CT molecular complexity index is 765. The van der Waals surface area contributed by atoms with E-state index in [-0.39, 0.29) is 25.8 Å². The molecular formula is C16H23N6O5+. The Morgan fingerprint density at radius 2 is 2.19 bits per heavy atom. The van der Waals surface area contributed by atoms with E-state index in [0.29, 0.717) is 12.1 Å². The highest BCUT2D eigenvalue weighted by atomic mass is 16.3. The molecule has 0 aliphatic carbocycles. The molecule has 1 aromatic rings. The number of quaternary nitrogens is 1. The molecule has 0 saturated carbocycles. The normalized spacial score (nSPS) is 28.7. The topological polar surface area (TPSA) is 172 Å². The van der Waals surface area contributed by atoms with Crippen LogP contribution in [0.25, 0.3) is 0 Å². The van der Waals surface area contributed by atoms with E-state index in [1.807, 2.05) is 0 Å². The number of hydrogen-bond donors (Lipinski definition) is 4. The summed E-state index contributed by atoms with van der Waals surface area (Å²) >= 11 is 0. The van der Waals surface area contributed by atoms with Crippen LogP contribution < -0.4 is 11.5 Å². The van der Waals surface area contributed by atoms with Crippen LogP contribution in [0.3, 0.4) is 0 Å². The zero-order valence-electron chi connectivity index (χ0n) is 14.7. The number of imidazole rings is 1. The van der Waals surface area contributed by atoms with Gasteiger partial charge in [-0.3, -0.25) is 9.59 Å². The van der Waals surface area contributed by atoms with Crippen LogP contribution in [0.2, 0.25) is 0 Å². The molecule has 11 nitrogen and oxygen atoms in total. The van der Waals surface area contributed by atoms with Crippen molar-refractivity contribution in [2.24, 2.45) is 11.5 Å². The van der Waals surface area contributed by atoms with E-state index >= 15 is 0 Å². The van der Waals surface area contributed by atoms with E-state index in [4.69, 9.17) is 11.5 Å². The van der Waals surface area contributed by atoms with Crippen LogP contribution in [0.1, 0.15) is 25.0 Å². The highest BCUT2D eigenvalue weighted by Gasteiger charge is 2.62. The second kappa shape index (κ2) is 7.18. The first-order valence-corrected chi connectivity index (χ1v) is 8.72. The Morgan fingerprint density at radius 3 is 2.74 bits per heavy atom. The first kappa shape index (κ1) is 19.1. The number of imide groups is 1. The third-order valence-electron chi connectivity index (χ3n) is 5.45. The van der Waals surface area contributed by atoms with Gasteiger partial charge in [-0.05, 0) is 0 Å². The minimum atomic E-state index is -1.06. The molecule has 1 aromatic heterocycles. The molecule has 2 aliphatic rings. The number of nitrogens with two attached hydrogens (primary N) is 2. The van der Waals surface area contributed by atoms with E-state index in [1.165, 1.54) is 12.5 Å². The minimum absolute atomic E-state index is 0.0892. The van der Waals surface area contributed by atoms with Crippen molar-refractivity contribution in [1.82, 2.24) is 14.9 Å². The molecule has 0 radical (unpaired) electrons. The molecule has 2 fully saturated rings. The van der Waals surface area contributed by atoms with Gasteiger partial charge < -0.3 is 26.5 Å². The van der Waals surface area contributed by atoms with Gasteiger partial charge in [-0.1, -0.05) is 0 Å². The van der Waals surface area contributed by atoms with Gasteiger partial charge in [0, 0.05) is 31.2 Å². The second-order valence-electron chi connectivity index (χ2n) is 6.94. The molecule has 11 heteroatoms. The Kier molecular flexibility index (Phi) is 5.09. The van der Waals surface area contributed by atoms with Crippen molar-refractivity contribution in [2.75, 3.05) is 13.3 Å². The first-order valence-electron chi connectivity index (χ1n) is 8.72. The fourth-order valence-electron chi connectivity index (χ4n) is 4.04. The van der Waals surface area contributed by atoms with Gasteiger partial charge in [0.25, 0.3) is 5.91 Å². The van der Waals surface area contributed by atoms with E-state index in [1.54, 1.807) is 0 Å². The zero-order valence-corrected chi connectivity index (χ0v) is 14.7. The quantitative estimate of drug-likeness (QED) is 0.308. The van der Waals surface area contributed by atoms with Crippen molar-refractivity contribution in [2.45, 2.75) is 43.8 Å². The Balaban J connectivity index is 1.93. The SMILES string of the molecule is NC(=O)[C@@H]1CCC[N+]1(C(=O)[C@@H](N)Cc1cnc[nH]1)C(=O)[C@@H]1CC(=O)N1CO. The lowest BCUT2D eigenvalue weighted by atomic mass is 9.97. The van der Waals surface area contributed by atoms with E-state index in [9.17, 15) is 24.3 Å². The molecule has 0 aromatic carbocycles. The first-order chi connectivity index (χ1) is 12.8. The summed E-state index contributed by atoms with van der Waals surface area (Å²) in [4.78, 5) is 57.9. The Hall–Kier alpha value is -2.63. The second-order valence-corrected chi connectivity index (χ2v) is 6.94. The molecule has 3 rings (SSSR count). The zero-order chi connectivity index (χ0) is 19.8. The summed E-state index contributed by atoms with van der Waals surface area (Å²) in [6.07, 6.45) is 3.69. The van der Waals surface area contributed by atoms with E-state index in [2.05, 4.69) is 9.97 Å². The van der Waals surface area contributed by atoms with Crippen molar-refractivity contribution in [1.29, 1.82) is 0 Å². The Labute approximate surface area is 154 Å². The van der Waals surface area contributed by atoms with Crippen LogP contribution in [0.15, 0.2) is 12.5 Å². The predicted octanol–water partition coefficient (Wildman–Crippen LogP) is -2.65. The summed E-state index contributed by atoms with van der Waals surface area (Å²) in [5.41, 5.74) is 12.2. The lowest BCUT2D eigenvalue weighted by molar-refractivity contribution is -0.784. The molecule has 3 heterocycles. The third kappa shape index (κ3) is 3.03. The van der Waals surface area contributed by atoms with Crippen molar-refractivity contribution in [3.8, 4) is 0 Å². The van der Waals surface area contributed by atoms with E-state index in [0.717, 1.165) is 4.90 Å². The van der Waals surface area contributed by atoms with Gasteiger partial charge in [0.05, 0.1) is 19.3 Å². The monoisotopic (exact) mass is 379 g/mol. The van der Waals surface area contributed by atoms with Gasteiger partial charge >= 0.3 is 11.8 Å². The number of aliphatic hydroxyl groups is 1. The lowest BCUT2D eigenvalue weighted by Crippen LogP contribution is -2.73.